The number of rotatable bonds is 9. The maximum Gasteiger partial charge on any atom is 0.337 e. The second-order valence-electron chi connectivity index (χ2n) is 8.90. The molecule has 2 unspecified atom stereocenters. The van der Waals surface area contributed by atoms with Crippen LogP contribution in [0.1, 0.15) is 48.0 Å². The first-order chi connectivity index (χ1) is 16.1. The van der Waals surface area contributed by atoms with Gasteiger partial charge in [0.05, 0.1) is 12.7 Å². The molecule has 1 aromatic carbocycles. The van der Waals surface area contributed by atoms with Crippen LogP contribution in [0.25, 0.3) is 0 Å². The van der Waals surface area contributed by atoms with Gasteiger partial charge in [0.25, 0.3) is 0 Å². The van der Waals surface area contributed by atoms with Gasteiger partial charge in [0.15, 0.2) is 0 Å². The largest absolute Gasteiger partial charge is 0.465 e. The third-order valence-electron chi connectivity index (χ3n) is 6.62. The van der Waals surface area contributed by atoms with Gasteiger partial charge in [-0.25, -0.2) is 14.8 Å². The number of benzene rings is 1. The number of likely N-dealkylation sites (tertiary alicyclic amines) is 1. The van der Waals surface area contributed by atoms with Crippen molar-refractivity contribution >= 4 is 17.8 Å². The number of aromatic nitrogens is 2. The number of esters is 1. The van der Waals surface area contributed by atoms with Crippen molar-refractivity contribution in [3.8, 4) is 0 Å². The molecule has 33 heavy (non-hydrogen) atoms. The summed E-state index contributed by atoms with van der Waals surface area (Å²) in [6.45, 7) is 4.28. The summed E-state index contributed by atoms with van der Waals surface area (Å²) in [4.78, 5) is 37.3. The van der Waals surface area contributed by atoms with Crippen LogP contribution in [0.15, 0.2) is 42.7 Å². The Kier molecular flexibility index (Phi) is 7.88. The third kappa shape index (κ3) is 6.07. The Balaban J connectivity index is 1.24. The number of nitrogens with one attached hydrogen (secondary N) is 1. The molecule has 2 aromatic rings. The number of carbonyl (C=O) groups excluding carboxylic acids is 2. The highest BCUT2D eigenvalue weighted by Crippen LogP contribution is 2.26. The molecule has 176 valence electrons. The molecule has 0 spiro atoms. The maximum absolute atomic E-state index is 12.6. The number of ether oxygens (including phenoxy) is 1. The zero-order valence-electron chi connectivity index (χ0n) is 19.3. The molecule has 3 heterocycles. The van der Waals surface area contributed by atoms with Crippen LogP contribution in [0.5, 0.6) is 0 Å². The predicted octanol–water partition coefficient (Wildman–Crippen LogP) is 2.65. The molecular weight excluding hydrogens is 418 g/mol. The number of piperidine rings is 1. The average molecular weight is 452 g/mol. The van der Waals surface area contributed by atoms with E-state index in [1.54, 1.807) is 24.5 Å². The lowest BCUT2D eigenvalue weighted by Crippen LogP contribution is -2.44. The highest BCUT2D eigenvalue weighted by Gasteiger charge is 2.33. The normalized spacial score (nSPS) is 20.8. The van der Waals surface area contributed by atoms with Gasteiger partial charge in [-0.05, 0) is 61.9 Å². The number of amides is 1. The molecular formula is C25H33N5O3. The quantitative estimate of drug-likeness (QED) is 0.463. The molecule has 0 aliphatic carbocycles. The third-order valence-corrected chi connectivity index (χ3v) is 6.62. The van der Waals surface area contributed by atoms with Crippen LogP contribution < -0.4 is 10.2 Å². The SMILES string of the molecule is COC(=O)c1ccc(CNCCC2CCC(=O)N2CC2CCCN(c3ncccn3)C2)cc1. The summed E-state index contributed by atoms with van der Waals surface area (Å²) in [5.41, 5.74) is 1.67. The minimum Gasteiger partial charge on any atom is -0.465 e. The summed E-state index contributed by atoms with van der Waals surface area (Å²) in [7, 11) is 1.39. The fourth-order valence-corrected chi connectivity index (χ4v) is 4.85. The zero-order valence-corrected chi connectivity index (χ0v) is 19.3. The van der Waals surface area contributed by atoms with Crippen molar-refractivity contribution in [2.24, 2.45) is 5.92 Å². The van der Waals surface area contributed by atoms with Crippen LogP contribution in [0, 0.1) is 5.92 Å². The summed E-state index contributed by atoms with van der Waals surface area (Å²) in [6, 6.07) is 9.59. The highest BCUT2D eigenvalue weighted by atomic mass is 16.5. The Morgan fingerprint density at radius 3 is 2.73 bits per heavy atom. The first-order valence-corrected chi connectivity index (χ1v) is 11.8. The van der Waals surface area contributed by atoms with E-state index in [2.05, 4.69) is 25.1 Å². The average Bonchev–Trinajstić information content (AvgIpc) is 3.21. The molecule has 0 bridgehead atoms. The summed E-state index contributed by atoms with van der Waals surface area (Å²) in [5.74, 6) is 1.20. The van der Waals surface area contributed by atoms with E-state index in [0.717, 1.165) is 69.9 Å². The number of carbonyl (C=O) groups is 2. The van der Waals surface area contributed by atoms with Gasteiger partial charge in [-0.3, -0.25) is 4.79 Å². The minimum atomic E-state index is -0.321. The van der Waals surface area contributed by atoms with Gasteiger partial charge in [-0.1, -0.05) is 12.1 Å². The van der Waals surface area contributed by atoms with Crippen molar-refractivity contribution in [3.05, 3.63) is 53.9 Å². The number of methoxy groups -OCH3 is 1. The lowest BCUT2D eigenvalue weighted by atomic mass is 9.97. The van der Waals surface area contributed by atoms with Gasteiger partial charge < -0.3 is 19.9 Å². The summed E-state index contributed by atoms with van der Waals surface area (Å²) in [6.07, 6.45) is 8.35. The van der Waals surface area contributed by atoms with Crippen LogP contribution in [-0.4, -0.2) is 66.1 Å². The molecule has 8 heteroatoms. The molecule has 2 saturated heterocycles. The van der Waals surface area contributed by atoms with Crippen LogP contribution in [0.2, 0.25) is 0 Å². The Labute approximate surface area is 195 Å². The van der Waals surface area contributed by atoms with Crippen molar-refractivity contribution in [1.82, 2.24) is 20.2 Å². The molecule has 0 saturated carbocycles. The number of hydrogen-bond acceptors (Lipinski definition) is 7. The van der Waals surface area contributed by atoms with Crippen molar-refractivity contribution in [2.45, 2.75) is 44.7 Å². The second kappa shape index (κ2) is 11.2. The van der Waals surface area contributed by atoms with E-state index in [-0.39, 0.29) is 11.9 Å². The zero-order chi connectivity index (χ0) is 23.0. The second-order valence-corrected chi connectivity index (χ2v) is 8.90. The summed E-state index contributed by atoms with van der Waals surface area (Å²) in [5, 5.41) is 3.48. The van der Waals surface area contributed by atoms with Crippen molar-refractivity contribution in [3.63, 3.8) is 0 Å². The van der Waals surface area contributed by atoms with E-state index in [0.29, 0.717) is 23.9 Å². The lowest BCUT2D eigenvalue weighted by molar-refractivity contribution is -0.129. The van der Waals surface area contributed by atoms with E-state index >= 15 is 0 Å². The Morgan fingerprint density at radius 1 is 1.18 bits per heavy atom. The van der Waals surface area contributed by atoms with E-state index in [9.17, 15) is 9.59 Å². The standard InChI is InChI=1S/C25H33N5O3/c1-33-24(32)21-7-5-19(6-8-21)16-26-14-11-22-9-10-23(31)30(22)18-20-4-2-15-29(17-20)25-27-12-3-13-28-25/h3,5-8,12-13,20,22,26H,2,4,9-11,14-18H2,1H3. The summed E-state index contributed by atoms with van der Waals surface area (Å²) >= 11 is 0. The molecule has 2 atom stereocenters. The van der Waals surface area contributed by atoms with Gasteiger partial charge in [-0.15, -0.1) is 0 Å². The number of hydrogen-bond donors (Lipinski definition) is 1. The highest BCUT2D eigenvalue weighted by molar-refractivity contribution is 5.89. The number of anilines is 1. The van der Waals surface area contributed by atoms with Gasteiger partial charge in [0, 0.05) is 51.0 Å². The molecule has 4 rings (SSSR count). The minimum absolute atomic E-state index is 0.284. The molecule has 0 radical (unpaired) electrons. The van der Waals surface area contributed by atoms with Gasteiger partial charge in [-0.2, -0.15) is 0 Å². The first kappa shape index (κ1) is 23.2. The van der Waals surface area contributed by atoms with E-state index < -0.39 is 0 Å². The van der Waals surface area contributed by atoms with E-state index in [1.807, 2.05) is 18.2 Å². The molecule has 8 nitrogen and oxygen atoms in total. The van der Waals surface area contributed by atoms with Crippen LogP contribution in [0.4, 0.5) is 5.95 Å². The Bertz CT molecular complexity index is 921. The Hall–Kier alpha value is -3.00. The number of nitrogens with zero attached hydrogens (tertiary/aromatic N) is 4. The monoisotopic (exact) mass is 451 g/mol. The van der Waals surface area contributed by atoms with Gasteiger partial charge in [0.2, 0.25) is 11.9 Å². The maximum atomic E-state index is 12.6. The van der Waals surface area contributed by atoms with E-state index in [1.165, 1.54) is 7.11 Å². The van der Waals surface area contributed by atoms with Crippen LogP contribution in [0.3, 0.4) is 0 Å². The fraction of sp³-hybridized carbons (Fsp3) is 0.520. The van der Waals surface area contributed by atoms with Crippen LogP contribution >= 0.6 is 0 Å². The smallest absolute Gasteiger partial charge is 0.337 e. The van der Waals surface area contributed by atoms with Gasteiger partial charge >= 0.3 is 5.97 Å². The van der Waals surface area contributed by atoms with Crippen molar-refractivity contribution in [1.29, 1.82) is 0 Å². The first-order valence-electron chi connectivity index (χ1n) is 11.8. The molecule has 2 aliphatic heterocycles. The molecule has 1 N–H and O–H groups in total. The lowest BCUT2D eigenvalue weighted by Gasteiger charge is -2.36. The molecule has 1 amide bonds. The topological polar surface area (TPSA) is 87.7 Å². The van der Waals surface area contributed by atoms with Crippen molar-refractivity contribution < 1.29 is 14.3 Å². The van der Waals surface area contributed by atoms with E-state index in [4.69, 9.17) is 4.74 Å². The molecule has 2 aliphatic rings. The van der Waals surface area contributed by atoms with Gasteiger partial charge in [0.1, 0.15) is 0 Å². The fourth-order valence-electron chi connectivity index (χ4n) is 4.85. The summed E-state index contributed by atoms with van der Waals surface area (Å²) < 4.78 is 4.74. The molecule has 2 fully saturated rings. The molecule has 1 aromatic heterocycles. The Morgan fingerprint density at radius 2 is 1.97 bits per heavy atom. The van der Waals surface area contributed by atoms with Crippen molar-refractivity contribution in [2.75, 3.05) is 38.2 Å². The van der Waals surface area contributed by atoms with Crippen LogP contribution in [-0.2, 0) is 16.1 Å². The predicted molar refractivity (Wildman–Crippen MR) is 126 cm³/mol.